The van der Waals surface area contributed by atoms with Crippen molar-refractivity contribution in [2.75, 3.05) is 42.9 Å². The molecule has 0 radical (unpaired) electrons. The minimum atomic E-state index is 0.114. The molecule has 0 aromatic carbocycles. The molecule has 7 heteroatoms. The third-order valence-electron chi connectivity index (χ3n) is 4.17. The maximum Gasteiger partial charge on any atom is 0.224 e. The number of pyridine rings is 2. The van der Waals surface area contributed by atoms with Gasteiger partial charge in [-0.2, -0.15) is 5.26 Å². The molecule has 2 aromatic rings. The first-order valence-corrected chi connectivity index (χ1v) is 8.30. The van der Waals surface area contributed by atoms with Gasteiger partial charge in [0, 0.05) is 51.5 Å². The summed E-state index contributed by atoms with van der Waals surface area (Å²) in [4.78, 5) is 24.9. The van der Waals surface area contributed by atoms with Crippen LogP contribution in [0.4, 0.5) is 11.6 Å². The predicted octanol–water partition coefficient (Wildman–Crippen LogP) is 1.50. The summed E-state index contributed by atoms with van der Waals surface area (Å²) in [5, 5.41) is 12.1. The molecule has 0 spiro atoms. The highest BCUT2D eigenvalue weighted by Gasteiger charge is 2.21. The molecule has 0 saturated carbocycles. The zero-order chi connectivity index (χ0) is 17.5. The van der Waals surface area contributed by atoms with Crippen LogP contribution in [0.15, 0.2) is 42.7 Å². The monoisotopic (exact) mass is 336 g/mol. The molecule has 0 aliphatic carbocycles. The van der Waals surface area contributed by atoms with Gasteiger partial charge in [0.2, 0.25) is 5.91 Å². The lowest BCUT2D eigenvalue weighted by atomic mass is 10.2. The van der Waals surface area contributed by atoms with Gasteiger partial charge >= 0.3 is 0 Å². The second-order valence-electron chi connectivity index (χ2n) is 5.74. The molecule has 1 saturated heterocycles. The molecule has 7 nitrogen and oxygen atoms in total. The molecule has 25 heavy (non-hydrogen) atoms. The van der Waals surface area contributed by atoms with Crippen molar-refractivity contribution >= 4 is 17.5 Å². The molecule has 3 rings (SSSR count). The second kappa shape index (κ2) is 8.11. The van der Waals surface area contributed by atoms with Gasteiger partial charge in [0.1, 0.15) is 17.7 Å². The first kappa shape index (κ1) is 16.7. The summed E-state index contributed by atoms with van der Waals surface area (Å²) in [5.74, 6) is 1.59. The van der Waals surface area contributed by atoms with Gasteiger partial charge in [0.05, 0.1) is 5.56 Å². The fourth-order valence-electron chi connectivity index (χ4n) is 2.81. The van der Waals surface area contributed by atoms with Crippen LogP contribution < -0.4 is 10.2 Å². The molecule has 128 valence electrons. The number of anilines is 2. The van der Waals surface area contributed by atoms with Crippen molar-refractivity contribution in [3.8, 4) is 6.07 Å². The molecule has 0 atom stereocenters. The van der Waals surface area contributed by atoms with E-state index in [-0.39, 0.29) is 5.91 Å². The van der Waals surface area contributed by atoms with Crippen molar-refractivity contribution < 1.29 is 4.79 Å². The van der Waals surface area contributed by atoms with Crippen molar-refractivity contribution in [3.63, 3.8) is 0 Å². The van der Waals surface area contributed by atoms with Gasteiger partial charge in [-0.25, -0.2) is 9.97 Å². The average Bonchev–Trinajstić information content (AvgIpc) is 2.69. The van der Waals surface area contributed by atoms with Crippen LogP contribution in [0.2, 0.25) is 0 Å². The summed E-state index contributed by atoms with van der Waals surface area (Å²) in [6.45, 7) is 3.43. The smallest absolute Gasteiger partial charge is 0.224 e. The van der Waals surface area contributed by atoms with Gasteiger partial charge in [-0.3, -0.25) is 4.79 Å². The zero-order valence-electron chi connectivity index (χ0n) is 13.9. The fraction of sp³-hybridized carbons (Fsp3) is 0.333. The van der Waals surface area contributed by atoms with Gasteiger partial charge in [-0.1, -0.05) is 6.07 Å². The quantitative estimate of drug-likeness (QED) is 0.891. The minimum absolute atomic E-state index is 0.114. The van der Waals surface area contributed by atoms with Gasteiger partial charge in [0.25, 0.3) is 0 Å². The maximum absolute atomic E-state index is 12.4. The van der Waals surface area contributed by atoms with Crippen LogP contribution in [0, 0.1) is 11.3 Å². The van der Waals surface area contributed by atoms with Crippen molar-refractivity contribution in [1.82, 2.24) is 14.9 Å². The second-order valence-corrected chi connectivity index (χ2v) is 5.74. The van der Waals surface area contributed by atoms with E-state index in [0.717, 1.165) is 18.9 Å². The van der Waals surface area contributed by atoms with E-state index in [9.17, 15) is 4.79 Å². The molecule has 2 aromatic heterocycles. The number of nitriles is 1. The van der Waals surface area contributed by atoms with Crippen LogP contribution in [0.25, 0.3) is 0 Å². The average molecular weight is 336 g/mol. The Morgan fingerprint density at radius 3 is 2.64 bits per heavy atom. The number of amides is 1. The van der Waals surface area contributed by atoms with Crippen LogP contribution in [0.3, 0.4) is 0 Å². The fourth-order valence-corrected chi connectivity index (χ4v) is 2.81. The van der Waals surface area contributed by atoms with E-state index < -0.39 is 0 Å². The number of carbonyl (C=O) groups excluding carboxylic acids is 1. The Morgan fingerprint density at radius 2 is 1.92 bits per heavy atom. The number of nitrogens with zero attached hydrogens (tertiary/aromatic N) is 5. The Bertz CT molecular complexity index is 750. The molecule has 1 aliphatic heterocycles. The predicted molar refractivity (Wildman–Crippen MR) is 95.1 cm³/mol. The Hall–Kier alpha value is -3.14. The largest absolute Gasteiger partial charge is 0.368 e. The SMILES string of the molecule is N#Cc1cccnc1NCCC(=O)N1CCN(c2ccccn2)CC1. The molecule has 1 amide bonds. The maximum atomic E-state index is 12.4. The van der Waals surface area contributed by atoms with E-state index in [2.05, 4.69) is 26.3 Å². The number of piperazine rings is 1. The first-order chi connectivity index (χ1) is 12.3. The number of rotatable bonds is 5. The molecule has 0 bridgehead atoms. The van der Waals surface area contributed by atoms with Gasteiger partial charge < -0.3 is 15.1 Å². The van der Waals surface area contributed by atoms with Crippen molar-refractivity contribution in [3.05, 3.63) is 48.3 Å². The number of hydrogen-bond acceptors (Lipinski definition) is 6. The molecule has 0 unspecified atom stereocenters. The highest BCUT2D eigenvalue weighted by atomic mass is 16.2. The Labute approximate surface area is 146 Å². The molecular weight excluding hydrogens is 316 g/mol. The summed E-state index contributed by atoms with van der Waals surface area (Å²) in [6.07, 6.45) is 3.79. The molecule has 1 N–H and O–H groups in total. The van der Waals surface area contributed by atoms with E-state index in [4.69, 9.17) is 5.26 Å². The van der Waals surface area contributed by atoms with Crippen LogP contribution in [0.1, 0.15) is 12.0 Å². The molecule has 3 heterocycles. The summed E-state index contributed by atoms with van der Waals surface area (Å²) in [6, 6.07) is 11.4. The Morgan fingerprint density at radius 1 is 1.12 bits per heavy atom. The lowest BCUT2D eigenvalue weighted by Gasteiger charge is -2.35. The third kappa shape index (κ3) is 4.23. The van der Waals surface area contributed by atoms with Crippen LogP contribution in [-0.4, -0.2) is 53.5 Å². The zero-order valence-corrected chi connectivity index (χ0v) is 13.9. The number of aromatic nitrogens is 2. The van der Waals surface area contributed by atoms with Crippen LogP contribution >= 0.6 is 0 Å². The summed E-state index contributed by atoms with van der Waals surface area (Å²) < 4.78 is 0. The molecule has 1 aliphatic rings. The Balaban J connectivity index is 1.45. The van der Waals surface area contributed by atoms with E-state index >= 15 is 0 Å². The first-order valence-electron chi connectivity index (χ1n) is 8.30. The normalized spacial score (nSPS) is 14.0. The summed E-state index contributed by atoms with van der Waals surface area (Å²) >= 11 is 0. The highest BCUT2D eigenvalue weighted by molar-refractivity contribution is 5.77. The molecule has 1 fully saturated rings. The van der Waals surface area contributed by atoms with E-state index in [0.29, 0.717) is 37.4 Å². The lowest BCUT2D eigenvalue weighted by Crippen LogP contribution is -2.49. The topological polar surface area (TPSA) is 85.1 Å². The van der Waals surface area contributed by atoms with Crippen LogP contribution in [0.5, 0.6) is 0 Å². The molecular formula is C18H20N6O. The van der Waals surface area contributed by atoms with E-state index in [1.54, 1.807) is 24.5 Å². The van der Waals surface area contributed by atoms with Gasteiger partial charge in [-0.05, 0) is 24.3 Å². The number of hydrogen-bond donors (Lipinski definition) is 1. The highest BCUT2D eigenvalue weighted by Crippen LogP contribution is 2.13. The summed E-state index contributed by atoms with van der Waals surface area (Å²) in [5.41, 5.74) is 0.485. The standard InChI is InChI=1S/C18H20N6O/c19-14-15-4-3-8-21-18(15)22-9-6-17(25)24-12-10-23(11-13-24)16-5-1-2-7-20-16/h1-5,7-8H,6,9-13H2,(H,21,22). The van der Waals surface area contributed by atoms with Crippen molar-refractivity contribution in [1.29, 1.82) is 5.26 Å². The minimum Gasteiger partial charge on any atom is -0.368 e. The van der Waals surface area contributed by atoms with Gasteiger partial charge in [-0.15, -0.1) is 0 Å². The van der Waals surface area contributed by atoms with E-state index in [1.165, 1.54) is 0 Å². The Kier molecular flexibility index (Phi) is 5.42. The number of carbonyl (C=O) groups is 1. The number of nitrogens with one attached hydrogen (secondary N) is 1. The van der Waals surface area contributed by atoms with Crippen molar-refractivity contribution in [2.45, 2.75) is 6.42 Å². The van der Waals surface area contributed by atoms with E-state index in [1.807, 2.05) is 23.1 Å². The lowest BCUT2D eigenvalue weighted by molar-refractivity contribution is -0.131. The summed E-state index contributed by atoms with van der Waals surface area (Å²) in [7, 11) is 0. The third-order valence-corrected chi connectivity index (χ3v) is 4.17. The van der Waals surface area contributed by atoms with Crippen molar-refractivity contribution in [2.24, 2.45) is 0 Å². The van der Waals surface area contributed by atoms with Gasteiger partial charge in [0.15, 0.2) is 0 Å². The van der Waals surface area contributed by atoms with Crippen LogP contribution in [-0.2, 0) is 4.79 Å².